The lowest BCUT2D eigenvalue weighted by atomic mass is 10.0. The van der Waals surface area contributed by atoms with E-state index in [0.29, 0.717) is 13.1 Å². The van der Waals surface area contributed by atoms with Crippen LogP contribution in [0.15, 0.2) is 30.3 Å². The van der Waals surface area contributed by atoms with Crippen LogP contribution in [0, 0.1) is 0 Å². The first-order valence-electron chi connectivity index (χ1n) is 7.24. The molecule has 2 rings (SSSR count). The lowest BCUT2D eigenvalue weighted by Crippen LogP contribution is -2.50. The summed E-state index contributed by atoms with van der Waals surface area (Å²) in [6.45, 7) is 0.992. The molecule has 0 saturated carbocycles. The summed E-state index contributed by atoms with van der Waals surface area (Å²) in [5.74, 6) is -0.131. The fourth-order valence-corrected chi connectivity index (χ4v) is 3.55. The van der Waals surface area contributed by atoms with Gasteiger partial charge < -0.3 is 9.64 Å². The second-order valence-corrected chi connectivity index (χ2v) is 7.32. The number of piperidine rings is 1. The Hall–Kier alpha value is -1.44. The molecule has 22 heavy (non-hydrogen) atoms. The molecule has 1 saturated heterocycles. The van der Waals surface area contributed by atoms with E-state index in [1.807, 2.05) is 30.3 Å². The van der Waals surface area contributed by atoms with Gasteiger partial charge in [-0.2, -0.15) is 0 Å². The van der Waals surface area contributed by atoms with Crippen molar-refractivity contribution in [3.8, 4) is 0 Å². The van der Waals surface area contributed by atoms with E-state index in [1.54, 1.807) is 4.90 Å². The number of hydrogen-bond acceptors (Lipinski definition) is 4. The number of hydrogen-bond donors (Lipinski definition) is 1. The highest BCUT2D eigenvalue weighted by Crippen LogP contribution is 2.22. The summed E-state index contributed by atoms with van der Waals surface area (Å²) >= 11 is 0. The van der Waals surface area contributed by atoms with Crippen molar-refractivity contribution < 1.29 is 17.9 Å². The molecule has 1 aliphatic heterocycles. The van der Waals surface area contributed by atoms with E-state index < -0.39 is 16.1 Å². The minimum absolute atomic E-state index is 0.131. The van der Waals surface area contributed by atoms with Crippen molar-refractivity contribution >= 4 is 15.9 Å². The molecule has 1 aromatic rings. The van der Waals surface area contributed by atoms with Gasteiger partial charge in [-0.25, -0.2) is 13.1 Å². The van der Waals surface area contributed by atoms with E-state index in [2.05, 4.69) is 4.72 Å². The number of carbonyl (C=O) groups is 1. The first-order chi connectivity index (χ1) is 10.4. The maximum absolute atomic E-state index is 12.7. The van der Waals surface area contributed by atoms with Gasteiger partial charge in [0.15, 0.2) is 6.10 Å². The van der Waals surface area contributed by atoms with Crippen LogP contribution in [-0.2, 0) is 19.6 Å². The van der Waals surface area contributed by atoms with Crippen LogP contribution in [0.1, 0.15) is 24.5 Å². The van der Waals surface area contributed by atoms with Crippen molar-refractivity contribution in [3.63, 3.8) is 0 Å². The first kappa shape index (κ1) is 16.9. The number of likely N-dealkylation sites (tertiary alicyclic amines) is 1. The summed E-state index contributed by atoms with van der Waals surface area (Å²) in [6, 6.07) is 9.07. The molecule has 1 N–H and O–H groups in total. The van der Waals surface area contributed by atoms with Crippen molar-refractivity contribution in [2.45, 2.75) is 25.0 Å². The molecule has 122 valence electrons. The van der Waals surface area contributed by atoms with E-state index in [0.717, 1.165) is 24.7 Å². The van der Waals surface area contributed by atoms with Crippen LogP contribution in [0.4, 0.5) is 0 Å². The molecular weight excluding hydrogens is 304 g/mol. The summed E-state index contributed by atoms with van der Waals surface area (Å²) in [5.41, 5.74) is 0.799. The highest BCUT2D eigenvalue weighted by molar-refractivity contribution is 7.88. The van der Waals surface area contributed by atoms with Crippen LogP contribution in [0.3, 0.4) is 0 Å². The van der Waals surface area contributed by atoms with Gasteiger partial charge in [0, 0.05) is 26.2 Å². The number of amides is 1. The van der Waals surface area contributed by atoms with Crippen LogP contribution in [0.25, 0.3) is 0 Å². The Kier molecular flexibility index (Phi) is 5.55. The van der Waals surface area contributed by atoms with Gasteiger partial charge >= 0.3 is 0 Å². The molecule has 1 fully saturated rings. The van der Waals surface area contributed by atoms with Crippen molar-refractivity contribution in [2.75, 3.05) is 26.5 Å². The van der Waals surface area contributed by atoms with Crippen molar-refractivity contribution in [1.29, 1.82) is 0 Å². The Morgan fingerprint density at radius 1 is 1.36 bits per heavy atom. The number of carbonyl (C=O) groups excluding carboxylic acids is 1. The van der Waals surface area contributed by atoms with Gasteiger partial charge in [-0.3, -0.25) is 4.79 Å². The highest BCUT2D eigenvalue weighted by atomic mass is 32.2. The summed E-state index contributed by atoms with van der Waals surface area (Å²) < 4.78 is 30.6. The number of sulfonamides is 1. The second-order valence-electron chi connectivity index (χ2n) is 5.54. The lowest BCUT2D eigenvalue weighted by Gasteiger charge is -2.34. The third-order valence-electron chi connectivity index (χ3n) is 3.68. The number of nitrogens with one attached hydrogen (secondary N) is 1. The highest BCUT2D eigenvalue weighted by Gasteiger charge is 2.30. The molecule has 7 heteroatoms. The molecule has 0 bridgehead atoms. The molecule has 0 spiro atoms. The maximum atomic E-state index is 12.7. The van der Waals surface area contributed by atoms with Gasteiger partial charge in [-0.1, -0.05) is 30.3 Å². The standard InChI is InChI=1S/C15H22N2O4S/c1-21-14(12-7-4-3-5-8-12)15(18)17-10-6-9-13(11-17)16-22(2,19)20/h3-5,7-8,13-14,16H,6,9-11H2,1-2H3. The Bertz CT molecular complexity index is 603. The van der Waals surface area contributed by atoms with Gasteiger partial charge in [-0.15, -0.1) is 0 Å². The maximum Gasteiger partial charge on any atom is 0.256 e. The monoisotopic (exact) mass is 326 g/mol. The summed E-state index contributed by atoms with van der Waals surface area (Å²) in [5, 5.41) is 0. The number of nitrogens with zero attached hydrogens (tertiary/aromatic N) is 1. The van der Waals surface area contributed by atoms with Crippen LogP contribution >= 0.6 is 0 Å². The number of benzene rings is 1. The van der Waals surface area contributed by atoms with Crippen molar-refractivity contribution in [1.82, 2.24) is 9.62 Å². The molecule has 0 aromatic heterocycles. The SMILES string of the molecule is COC(C(=O)N1CCCC(NS(C)(=O)=O)C1)c1ccccc1. The third kappa shape index (κ3) is 4.53. The van der Waals surface area contributed by atoms with E-state index >= 15 is 0 Å². The van der Waals surface area contributed by atoms with E-state index in [1.165, 1.54) is 7.11 Å². The predicted molar refractivity (Wildman–Crippen MR) is 83.8 cm³/mol. The molecule has 2 unspecified atom stereocenters. The number of methoxy groups -OCH3 is 1. The minimum atomic E-state index is -3.27. The molecular formula is C15H22N2O4S. The molecule has 6 nitrogen and oxygen atoms in total. The Morgan fingerprint density at radius 2 is 2.05 bits per heavy atom. The van der Waals surface area contributed by atoms with Crippen molar-refractivity contribution in [3.05, 3.63) is 35.9 Å². The second kappa shape index (κ2) is 7.21. The Labute approximate surface area is 131 Å². The van der Waals surface area contributed by atoms with Crippen LogP contribution in [0.2, 0.25) is 0 Å². The minimum Gasteiger partial charge on any atom is -0.367 e. The quantitative estimate of drug-likeness (QED) is 0.873. The predicted octanol–water partition coefficient (Wildman–Crippen LogP) is 0.914. The van der Waals surface area contributed by atoms with E-state index in [4.69, 9.17) is 4.74 Å². The number of ether oxygens (including phenoxy) is 1. The smallest absolute Gasteiger partial charge is 0.256 e. The zero-order valence-electron chi connectivity index (χ0n) is 12.9. The van der Waals surface area contributed by atoms with Crippen LogP contribution in [0.5, 0.6) is 0 Å². The molecule has 1 heterocycles. The fraction of sp³-hybridized carbons (Fsp3) is 0.533. The zero-order valence-corrected chi connectivity index (χ0v) is 13.7. The van der Waals surface area contributed by atoms with Crippen molar-refractivity contribution in [2.24, 2.45) is 0 Å². The topological polar surface area (TPSA) is 75.7 Å². The largest absolute Gasteiger partial charge is 0.367 e. The lowest BCUT2D eigenvalue weighted by molar-refractivity contribution is -0.143. The number of rotatable bonds is 5. The Morgan fingerprint density at radius 3 is 2.64 bits per heavy atom. The fourth-order valence-electron chi connectivity index (χ4n) is 2.75. The van der Waals surface area contributed by atoms with Crippen LogP contribution < -0.4 is 4.72 Å². The summed E-state index contributed by atoms with van der Waals surface area (Å²) in [6.07, 6.45) is 1.98. The van der Waals surface area contributed by atoms with Gasteiger partial charge in [0.1, 0.15) is 0 Å². The van der Waals surface area contributed by atoms with Gasteiger partial charge in [0.25, 0.3) is 5.91 Å². The van der Waals surface area contributed by atoms with E-state index in [-0.39, 0.29) is 11.9 Å². The van der Waals surface area contributed by atoms with Gasteiger partial charge in [0.05, 0.1) is 6.26 Å². The molecule has 2 atom stereocenters. The first-order valence-corrected chi connectivity index (χ1v) is 9.13. The van der Waals surface area contributed by atoms with E-state index in [9.17, 15) is 13.2 Å². The molecule has 1 aromatic carbocycles. The average Bonchev–Trinajstić information content (AvgIpc) is 2.47. The zero-order chi connectivity index (χ0) is 16.2. The molecule has 0 radical (unpaired) electrons. The average molecular weight is 326 g/mol. The van der Waals surface area contributed by atoms with Gasteiger partial charge in [0.2, 0.25) is 10.0 Å². The molecule has 1 amide bonds. The molecule has 0 aliphatic carbocycles. The normalized spacial score (nSPS) is 20.6. The summed E-state index contributed by atoms with van der Waals surface area (Å²) in [7, 11) is -1.76. The van der Waals surface area contributed by atoms with Crippen LogP contribution in [-0.4, -0.2) is 51.7 Å². The third-order valence-corrected chi connectivity index (χ3v) is 4.44. The summed E-state index contributed by atoms with van der Waals surface area (Å²) in [4.78, 5) is 14.3. The Balaban J connectivity index is 2.07. The molecule has 1 aliphatic rings. The van der Waals surface area contributed by atoms with Gasteiger partial charge in [-0.05, 0) is 18.4 Å².